The molecule has 0 saturated heterocycles. The molecule has 0 unspecified atom stereocenters. The van der Waals surface area contributed by atoms with Gasteiger partial charge < -0.3 is 15.2 Å². The molecule has 0 aliphatic heterocycles. The topological polar surface area (TPSA) is 111 Å². The van der Waals surface area contributed by atoms with Crippen molar-refractivity contribution in [3.8, 4) is 5.82 Å². The number of aromatic nitrogens is 5. The highest BCUT2D eigenvalue weighted by atomic mass is 16.5. The zero-order valence-corrected chi connectivity index (χ0v) is 13.4. The molecule has 9 nitrogen and oxygen atoms in total. The Morgan fingerprint density at radius 2 is 2.12 bits per heavy atom. The Morgan fingerprint density at radius 1 is 1.25 bits per heavy atom. The Morgan fingerprint density at radius 3 is 2.83 bits per heavy atom. The van der Waals surface area contributed by atoms with Crippen molar-refractivity contribution in [1.29, 1.82) is 0 Å². The molecule has 0 aliphatic rings. The van der Waals surface area contributed by atoms with Gasteiger partial charge in [0, 0.05) is 37.6 Å². The fraction of sp³-hybridized carbons (Fsp3) is 0.267. The second-order valence-electron chi connectivity index (χ2n) is 5.06. The highest BCUT2D eigenvalue weighted by Crippen LogP contribution is 2.12. The van der Waals surface area contributed by atoms with Crippen molar-refractivity contribution in [3.63, 3.8) is 0 Å². The van der Waals surface area contributed by atoms with E-state index in [9.17, 15) is 4.79 Å². The summed E-state index contributed by atoms with van der Waals surface area (Å²) in [7, 11) is 0. The Bertz CT molecular complexity index is 826. The molecular formula is C15H17N7O2. The third-order valence-corrected chi connectivity index (χ3v) is 3.28. The SMILES string of the molecule is Cc1nc(NCCNC(=O)c2ccno2)cc(-n2ccnc2C)n1. The second kappa shape index (κ2) is 6.90. The van der Waals surface area contributed by atoms with Crippen molar-refractivity contribution in [1.82, 2.24) is 30.0 Å². The Kier molecular flexibility index (Phi) is 4.50. The molecule has 0 spiro atoms. The monoisotopic (exact) mass is 327 g/mol. The van der Waals surface area contributed by atoms with E-state index in [1.54, 1.807) is 6.20 Å². The molecule has 3 aromatic heterocycles. The van der Waals surface area contributed by atoms with Gasteiger partial charge >= 0.3 is 0 Å². The summed E-state index contributed by atoms with van der Waals surface area (Å²) >= 11 is 0. The average molecular weight is 327 g/mol. The summed E-state index contributed by atoms with van der Waals surface area (Å²) in [6.07, 6.45) is 4.99. The third-order valence-electron chi connectivity index (χ3n) is 3.28. The molecule has 1 amide bonds. The van der Waals surface area contributed by atoms with E-state index in [2.05, 4.69) is 30.7 Å². The van der Waals surface area contributed by atoms with Crippen LogP contribution in [0.4, 0.5) is 5.82 Å². The Labute approximate surface area is 138 Å². The first-order chi connectivity index (χ1) is 11.6. The van der Waals surface area contributed by atoms with Crippen LogP contribution in [0.25, 0.3) is 5.82 Å². The van der Waals surface area contributed by atoms with Gasteiger partial charge in [-0.1, -0.05) is 5.16 Å². The van der Waals surface area contributed by atoms with Gasteiger partial charge in [-0.15, -0.1) is 0 Å². The van der Waals surface area contributed by atoms with E-state index in [1.165, 1.54) is 12.3 Å². The molecule has 0 fully saturated rings. The first-order valence-corrected chi connectivity index (χ1v) is 7.42. The largest absolute Gasteiger partial charge is 0.368 e. The normalized spacial score (nSPS) is 10.6. The van der Waals surface area contributed by atoms with Crippen LogP contribution < -0.4 is 10.6 Å². The van der Waals surface area contributed by atoms with Crippen molar-refractivity contribution in [2.45, 2.75) is 13.8 Å². The lowest BCUT2D eigenvalue weighted by Gasteiger charge is -2.10. The van der Waals surface area contributed by atoms with E-state index < -0.39 is 0 Å². The number of rotatable bonds is 6. The smallest absolute Gasteiger partial charge is 0.289 e. The van der Waals surface area contributed by atoms with Crippen LogP contribution in [0, 0.1) is 13.8 Å². The number of hydrogen-bond donors (Lipinski definition) is 2. The number of nitrogens with zero attached hydrogens (tertiary/aromatic N) is 5. The Hall–Kier alpha value is -3.23. The molecule has 0 radical (unpaired) electrons. The standard InChI is InChI=1S/C15H17N7O2/c1-10-20-13(9-14(21-10)22-8-7-16-11(22)2)17-5-6-18-15(23)12-3-4-19-24-12/h3-4,7-9H,5-6H2,1-2H3,(H,18,23)(H,17,20,21). The first-order valence-electron chi connectivity index (χ1n) is 7.42. The van der Waals surface area contributed by atoms with Crippen molar-refractivity contribution < 1.29 is 9.32 Å². The molecule has 0 saturated carbocycles. The van der Waals surface area contributed by atoms with E-state index in [0.717, 1.165) is 11.6 Å². The summed E-state index contributed by atoms with van der Waals surface area (Å²) < 4.78 is 6.66. The molecule has 0 aromatic carbocycles. The van der Waals surface area contributed by atoms with E-state index in [0.29, 0.717) is 24.7 Å². The maximum Gasteiger partial charge on any atom is 0.289 e. The van der Waals surface area contributed by atoms with Crippen LogP contribution in [0.2, 0.25) is 0 Å². The highest BCUT2D eigenvalue weighted by molar-refractivity contribution is 5.91. The van der Waals surface area contributed by atoms with Crippen molar-refractivity contribution >= 4 is 11.7 Å². The minimum atomic E-state index is -0.303. The number of carbonyl (C=O) groups excluding carboxylic acids is 1. The van der Waals surface area contributed by atoms with E-state index in [4.69, 9.17) is 4.52 Å². The number of aryl methyl sites for hydroxylation is 2. The number of carbonyl (C=O) groups is 1. The zero-order valence-electron chi connectivity index (χ0n) is 13.4. The lowest BCUT2D eigenvalue weighted by Crippen LogP contribution is -2.28. The van der Waals surface area contributed by atoms with Crippen LogP contribution >= 0.6 is 0 Å². The number of anilines is 1. The molecule has 3 heterocycles. The van der Waals surface area contributed by atoms with Gasteiger partial charge in [-0.2, -0.15) is 0 Å². The van der Waals surface area contributed by atoms with Crippen LogP contribution in [0.15, 0.2) is 35.2 Å². The maximum atomic E-state index is 11.7. The molecule has 24 heavy (non-hydrogen) atoms. The lowest BCUT2D eigenvalue weighted by atomic mass is 10.4. The van der Waals surface area contributed by atoms with Crippen LogP contribution in [-0.2, 0) is 0 Å². The second-order valence-corrected chi connectivity index (χ2v) is 5.06. The van der Waals surface area contributed by atoms with Crippen LogP contribution in [0.5, 0.6) is 0 Å². The number of hydrogen-bond acceptors (Lipinski definition) is 7. The predicted octanol–water partition coefficient (Wildman–Crippen LogP) is 1.11. The molecule has 3 rings (SSSR count). The summed E-state index contributed by atoms with van der Waals surface area (Å²) in [4.78, 5) is 24.7. The molecule has 3 aromatic rings. The first kappa shape index (κ1) is 15.7. The third kappa shape index (κ3) is 3.57. The van der Waals surface area contributed by atoms with Gasteiger partial charge in [-0.3, -0.25) is 9.36 Å². The fourth-order valence-corrected chi connectivity index (χ4v) is 2.17. The lowest BCUT2D eigenvalue weighted by molar-refractivity contribution is 0.0918. The summed E-state index contributed by atoms with van der Waals surface area (Å²) in [6, 6.07) is 3.34. The Balaban J connectivity index is 1.58. The molecular weight excluding hydrogens is 310 g/mol. The number of imidazole rings is 1. The summed E-state index contributed by atoms with van der Waals surface area (Å²) in [5.41, 5.74) is 0. The highest BCUT2D eigenvalue weighted by Gasteiger charge is 2.09. The van der Waals surface area contributed by atoms with Crippen molar-refractivity contribution in [2.75, 3.05) is 18.4 Å². The van der Waals surface area contributed by atoms with Gasteiger partial charge in [0.2, 0.25) is 5.76 Å². The van der Waals surface area contributed by atoms with Gasteiger partial charge in [0.1, 0.15) is 23.3 Å². The number of nitrogens with one attached hydrogen (secondary N) is 2. The van der Waals surface area contributed by atoms with E-state index in [-0.39, 0.29) is 11.7 Å². The molecule has 0 atom stereocenters. The molecule has 124 valence electrons. The minimum Gasteiger partial charge on any atom is -0.368 e. The molecule has 2 N–H and O–H groups in total. The minimum absolute atomic E-state index is 0.186. The van der Waals surface area contributed by atoms with E-state index >= 15 is 0 Å². The quantitative estimate of drug-likeness (QED) is 0.652. The van der Waals surface area contributed by atoms with Crippen LogP contribution in [-0.4, -0.2) is 43.7 Å². The van der Waals surface area contributed by atoms with Crippen LogP contribution in [0.3, 0.4) is 0 Å². The molecule has 0 bridgehead atoms. The van der Waals surface area contributed by atoms with Gasteiger partial charge in [-0.25, -0.2) is 15.0 Å². The van der Waals surface area contributed by atoms with Gasteiger partial charge in [0.15, 0.2) is 0 Å². The van der Waals surface area contributed by atoms with Crippen LogP contribution in [0.1, 0.15) is 22.2 Å². The predicted molar refractivity (Wildman–Crippen MR) is 86.0 cm³/mol. The van der Waals surface area contributed by atoms with Crippen molar-refractivity contribution in [3.05, 3.63) is 48.1 Å². The zero-order chi connectivity index (χ0) is 16.9. The average Bonchev–Trinajstić information content (AvgIpc) is 3.22. The summed E-state index contributed by atoms with van der Waals surface area (Å²) in [5.74, 6) is 2.80. The fourth-order valence-electron chi connectivity index (χ4n) is 2.17. The van der Waals surface area contributed by atoms with E-state index in [1.807, 2.05) is 30.7 Å². The van der Waals surface area contributed by atoms with Gasteiger partial charge in [0.25, 0.3) is 5.91 Å². The number of amides is 1. The van der Waals surface area contributed by atoms with Gasteiger partial charge in [0.05, 0.1) is 6.20 Å². The summed E-state index contributed by atoms with van der Waals surface area (Å²) in [6.45, 7) is 4.66. The van der Waals surface area contributed by atoms with Crippen molar-refractivity contribution in [2.24, 2.45) is 0 Å². The molecule has 9 heteroatoms. The van der Waals surface area contributed by atoms with Gasteiger partial charge in [-0.05, 0) is 13.8 Å². The maximum absolute atomic E-state index is 11.7. The molecule has 0 aliphatic carbocycles. The summed E-state index contributed by atoms with van der Waals surface area (Å²) in [5, 5.41) is 9.38.